The van der Waals surface area contributed by atoms with Crippen LogP contribution in [0.2, 0.25) is 0 Å². The molecule has 0 radical (unpaired) electrons. The largest absolute Gasteiger partial charge is 0.399 e. The Morgan fingerprint density at radius 3 is 2.38 bits per heavy atom. The minimum absolute atomic E-state index is 0.262. The lowest BCUT2D eigenvalue weighted by atomic mass is 9.90. The van der Waals surface area contributed by atoms with Crippen LogP contribution in [0.3, 0.4) is 0 Å². The van der Waals surface area contributed by atoms with Crippen LogP contribution in [0.25, 0.3) is 22.4 Å². The molecular formula is C23H28N6O3. The van der Waals surface area contributed by atoms with E-state index in [-0.39, 0.29) is 11.8 Å². The lowest BCUT2D eigenvalue weighted by molar-refractivity contribution is -0.181. The quantitative estimate of drug-likeness (QED) is 0.626. The molecule has 168 valence electrons. The summed E-state index contributed by atoms with van der Waals surface area (Å²) in [6, 6.07) is 7.98. The Balaban J connectivity index is 1.40. The minimum Gasteiger partial charge on any atom is -0.399 e. The zero-order valence-corrected chi connectivity index (χ0v) is 18.1. The second kappa shape index (κ2) is 7.99. The predicted octanol–water partition coefficient (Wildman–Crippen LogP) is 2.77. The lowest BCUT2D eigenvalue weighted by Gasteiger charge is -2.35. The van der Waals surface area contributed by atoms with Gasteiger partial charge in [0, 0.05) is 37.2 Å². The number of fused-ring (bicyclic) bond motifs is 1. The topological polar surface area (TPSA) is 101 Å². The maximum atomic E-state index is 5.91. The van der Waals surface area contributed by atoms with Crippen molar-refractivity contribution in [3.8, 4) is 11.4 Å². The van der Waals surface area contributed by atoms with Gasteiger partial charge in [0.1, 0.15) is 5.82 Å². The highest BCUT2D eigenvalue weighted by atomic mass is 16.7. The number of rotatable bonds is 3. The zero-order valence-electron chi connectivity index (χ0n) is 18.1. The Hall–Kier alpha value is -2.75. The molecule has 1 aliphatic carbocycles. The molecule has 9 nitrogen and oxygen atoms in total. The third kappa shape index (κ3) is 3.50. The standard InChI is InChI=1S/C23H28N6O3/c24-17-3-1-16(2-4-17)20-26-21(28-9-11-30-12-10-28)19-15-25-29(22(19)27-20)18-5-7-23(8-6-18)31-13-14-32-23/h1-4,15,18H,5-14,24H2. The second-order valence-corrected chi connectivity index (χ2v) is 8.76. The first-order valence-electron chi connectivity index (χ1n) is 11.4. The molecule has 6 rings (SSSR count). The van der Waals surface area contributed by atoms with Gasteiger partial charge in [0.25, 0.3) is 0 Å². The van der Waals surface area contributed by atoms with Gasteiger partial charge in [0.15, 0.2) is 17.3 Å². The monoisotopic (exact) mass is 436 g/mol. The molecule has 2 saturated heterocycles. The number of anilines is 2. The van der Waals surface area contributed by atoms with Crippen molar-refractivity contribution in [1.29, 1.82) is 0 Å². The van der Waals surface area contributed by atoms with Crippen molar-refractivity contribution in [3.05, 3.63) is 30.5 Å². The van der Waals surface area contributed by atoms with Gasteiger partial charge in [-0.05, 0) is 37.1 Å². The van der Waals surface area contributed by atoms with Gasteiger partial charge in [-0.25, -0.2) is 14.6 Å². The summed E-state index contributed by atoms with van der Waals surface area (Å²) in [4.78, 5) is 12.2. The summed E-state index contributed by atoms with van der Waals surface area (Å²) >= 11 is 0. The summed E-state index contributed by atoms with van der Waals surface area (Å²) < 4.78 is 19.5. The lowest BCUT2D eigenvalue weighted by Crippen LogP contribution is -2.37. The molecule has 1 aromatic carbocycles. The fraction of sp³-hybridized carbons (Fsp3) is 0.522. The average Bonchev–Trinajstić information content (AvgIpc) is 3.48. The molecule has 4 heterocycles. The van der Waals surface area contributed by atoms with E-state index >= 15 is 0 Å². The Labute approximate surface area is 186 Å². The molecule has 0 atom stereocenters. The summed E-state index contributed by atoms with van der Waals surface area (Å²) in [5.74, 6) is 1.23. The third-order valence-corrected chi connectivity index (χ3v) is 6.79. The molecule has 3 aromatic rings. The molecule has 0 unspecified atom stereocenters. The smallest absolute Gasteiger partial charge is 0.168 e. The molecule has 2 aromatic heterocycles. The van der Waals surface area contributed by atoms with E-state index in [1.165, 1.54) is 0 Å². The van der Waals surface area contributed by atoms with Crippen LogP contribution in [0.15, 0.2) is 30.5 Å². The fourth-order valence-corrected chi connectivity index (χ4v) is 5.03. The third-order valence-electron chi connectivity index (χ3n) is 6.79. The number of ether oxygens (including phenoxy) is 3. The first kappa shape index (κ1) is 19.9. The molecule has 0 amide bonds. The molecular weight excluding hydrogens is 408 g/mol. The summed E-state index contributed by atoms with van der Waals surface area (Å²) in [5, 5.41) is 5.78. The Morgan fingerprint density at radius 2 is 1.66 bits per heavy atom. The van der Waals surface area contributed by atoms with Crippen molar-refractivity contribution in [2.24, 2.45) is 0 Å². The molecule has 3 fully saturated rings. The Kier molecular flexibility index (Phi) is 4.97. The molecule has 32 heavy (non-hydrogen) atoms. The highest BCUT2D eigenvalue weighted by molar-refractivity contribution is 5.89. The Morgan fingerprint density at radius 1 is 0.938 bits per heavy atom. The van der Waals surface area contributed by atoms with Crippen molar-refractivity contribution in [1.82, 2.24) is 19.7 Å². The number of nitrogens with zero attached hydrogens (tertiary/aromatic N) is 5. The van der Waals surface area contributed by atoms with E-state index in [4.69, 9.17) is 35.0 Å². The van der Waals surface area contributed by atoms with Gasteiger partial charge < -0.3 is 24.8 Å². The number of aromatic nitrogens is 4. The number of nitrogen functional groups attached to an aromatic ring is 1. The van der Waals surface area contributed by atoms with E-state index in [9.17, 15) is 0 Å². The maximum Gasteiger partial charge on any atom is 0.168 e. The van der Waals surface area contributed by atoms with Crippen LogP contribution in [0.4, 0.5) is 11.5 Å². The molecule has 3 aliphatic rings. The summed E-state index contributed by atoms with van der Waals surface area (Å²) in [7, 11) is 0. The highest BCUT2D eigenvalue weighted by Gasteiger charge is 2.41. The van der Waals surface area contributed by atoms with Crippen molar-refractivity contribution in [2.45, 2.75) is 37.5 Å². The van der Waals surface area contributed by atoms with E-state index in [0.717, 1.165) is 66.9 Å². The molecule has 1 saturated carbocycles. The number of hydrogen-bond donors (Lipinski definition) is 1. The zero-order chi connectivity index (χ0) is 21.5. The van der Waals surface area contributed by atoms with Crippen LogP contribution in [0, 0.1) is 0 Å². The van der Waals surface area contributed by atoms with Crippen molar-refractivity contribution in [2.75, 3.05) is 50.2 Å². The molecule has 2 aliphatic heterocycles. The van der Waals surface area contributed by atoms with Gasteiger partial charge in [-0.2, -0.15) is 5.10 Å². The van der Waals surface area contributed by atoms with Crippen LogP contribution in [-0.4, -0.2) is 65.1 Å². The van der Waals surface area contributed by atoms with Gasteiger partial charge in [-0.1, -0.05) is 0 Å². The summed E-state index contributed by atoms with van der Waals surface area (Å²) in [6.45, 7) is 4.38. The average molecular weight is 437 g/mol. The van der Waals surface area contributed by atoms with E-state index < -0.39 is 0 Å². The van der Waals surface area contributed by atoms with Gasteiger partial charge in [0.2, 0.25) is 0 Å². The fourth-order valence-electron chi connectivity index (χ4n) is 5.03. The predicted molar refractivity (Wildman–Crippen MR) is 120 cm³/mol. The van der Waals surface area contributed by atoms with E-state index in [2.05, 4.69) is 9.58 Å². The SMILES string of the molecule is Nc1ccc(-c2nc(N3CCOCC3)c3cnn(C4CCC5(CC4)OCCO5)c3n2)cc1. The number of benzene rings is 1. The van der Waals surface area contributed by atoms with Crippen molar-refractivity contribution >= 4 is 22.5 Å². The number of morpholine rings is 1. The molecule has 1 spiro atoms. The van der Waals surface area contributed by atoms with E-state index in [0.29, 0.717) is 32.3 Å². The second-order valence-electron chi connectivity index (χ2n) is 8.76. The normalized spacial score (nSPS) is 21.6. The van der Waals surface area contributed by atoms with Gasteiger partial charge in [-0.15, -0.1) is 0 Å². The van der Waals surface area contributed by atoms with Crippen LogP contribution in [0.1, 0.15) is 31.7 Å². The first-order chi connectivity index (χ1) is 15.7. The van der Waals surface area contributed by atoms with Crippen LogP contribution < -0.4 is 10.6 Å². The van der Waals surface area contributed by atoms with Gasteiger partial charge in [0.05, 0.1) is 44.1 Å². The summed E-state index contributed by atoms with van der Waals surface area (Å²) in [5.41, 5.74) is 8.44. The molecule has 2 N–H and O–H groups in total. The number of nitrogens with two attached hydrogens (primary N) is 1. The van der Waals surface area contributed by atoms with Crippen molar-refractivity contribution in [3.63, 3.8) is 0 Å². The van der Waals surface area contributed by atoms with E-state index in [1.807, 2.05) is 30.5 Å². The summed E-state index contributed by atoms with van der Waals surface area (Å²) in [6.07, 6.45) is 5.58. The van der Waals surface area contributed by atoms with Crippen LogP contribution in [0.5, 0.6) is 0 Å². The van der Waals surface area contributed by atoms with Crippen molar-refractivity contribution < 1.29 is 14.2 Å². The highest BCUT2D eigenvalue weighted by Crippen LogP contribution is 2.41. The van der Waals surface area contributed by atoms with Crippen LogP contribution in [-0.2, 0) is 14.2 Å². The first-order valence-corrected chi connectivity index (χ1v) is 11.4. The Bertz CT molecular complexity index is 1090. The maximum absolute atomic E-state index is 5.91. The molecule has 0 bridgehead atoms. The van der Waals surface area contributed by atoms with Gasteiger partial charge >= 0.3 is 0 Å². The minimum atomic E-state index is -0.386. The molecule has 9 heteroatoms. The van der Waals surface area contributed by atoms with Crippen LogP contribution >= 0.6 is 0 Å². The van der Waals surface area contributed by atoms with Gasteiger partial charge in [-0.3, -0.25) is 0 Å². The van der Waals surface area contributed by atoms with E-state index in [1.54, 1.807) is 0 Å². The number of hydrogen-bond acceptors (Lipinski definition) is 8.